The van der Waals surface area contributed by atoms with Gasteiger partial charge in [-0.2, -0.15) is 0 Å². The molecule has 2 aromatic rings. The molecule has 0 saturated heterocycles. The molecule has 88 valence electrons. The van der Waals surface area contributed by atoms with Crippen molar-refractivity contribution in [1.82, 2.24) is 4.98 Å². The zero-order valence-corrected chi connectivity index (χ0v) is 8.55. The van der Waals surface area contributed by atoms with E-state index in [0.29, 0.717) is 11.8 Å². The predicted octanol–water partition coefficient (Wildman–Crippen LogP) is 2.82. The summed E-state index contributed by atoms with van der Waals surface area (Å²) in [6.07, 6.45) is 0. The second kappa shape index (κ2) is 4.32. The van der Waals surface area contributed by atoms with Gasteiger partial charge < -0.3 is 11.1 Å². The summed E-state index contributed by atoms with van der Waals surface area (Å²) < 4.78 is 38.8. The molecule has 17 heavy (non-hydrogen) atoms. The van der Waals surface area contributed by atoms with E-state index in [9.17, 15) is 13.2 Å². The minimum atomic E-state index is -0.924. The van der Waals surface area contributed by atoms with E-state index in [1.54, 1.807) is 0 Å². The SMILES string of the molecule is Nc1nc(Nc2ccc(F)cc2)c(F)cc1F. The van der Waals surface area contributed by atoms with Crippen molar-refractivity contribution in [2.24, 2.45) is 0 Å². The first-order valence-corrected chi connectivity index (χ1v) is 4.70. The van der Waals surface area contributed by atoms with Gasteiger partial charge in [-0.1, -0.05) is 0 Å². The van der Waals surface area contributed by atoms with Gasteiger partial charge in [-0.05, 0) is 24.3 Å². The summed E-state index contributed by atoms with van der Waals surface area (Å²) in [4.78, 5) is 3.51. The molecule has 3 nitrogen and oxygen atoms in total. The molecule has 0 aliphatic rings. The summed E-state index contributed by atoms with van der Waals surface area (Å²) in [5.74, 6) is -2.83. The van der Waals surface area contributed by atoms with Gasteiger partial charge in [0.15, 0.2) is 23.3 Å². The van der Waals surface area contributed by atoms with E-state index in [2.05, 4.69) is 10.3 Å². The van der Waals surface area contributed by atoms with Crippen molar-refractivity contribution in [1.29, 1.82) is 0 Å². The lowest BCUT2D eigenvalue weighted by Crippen LogP contribution is -2.03. The Morgan fingerprint density at radius 2 is 1.65 bits per heavy atom. The van der Waals surface area contributed by atoms with Gasteiger partial charge in [0.25, 0.3) is 0 Å². The van der Waals surface area contributed by atoms with E-state index in [0.717, 1.165) is 0 Å². The van der Waals surface area contributed by atoms with Crippen molar-refractivity contribution in [3.05, 3.63) is 47.8 Å². The van der Waals surface area contributed by atoms with Crippen molar-refractivity contribution < 1.29 is 13.2 Å². The third-order valence-corrected chi connectivity index (χ3v) is 2.06. The fourth-order valence-corrected chi connectivity index (χ4v) is 1.24. The summed E-state index contributed by atoms with van der Waals surface area (Å²) in [6, 6.07) is 5.83. The molecule has 0 fully saturated rings. The molecule has 0 aliphatic heterocycles. The van der Waals surface area contributed by atoms with E-state index in [4.69, 9.17) is 5.73 Å². The molecule has 0 aliphatic carbocycles. The second-order valence-electron chi connectivity index (χ2n) is 3.32. The molecule has 0 saturated carbocycles. The van der Waals surface area contributed by atoms with Crippen LogP contribution in [0.1, 0.15) is 0 Å². The Balaban J connectivity index is 2.30. The number of hydrogen-bond acceptors (Lipinski definition) is 3. The molecule has 0 atom stereocenters. The highest BCUT2D eigenvalue weighted by atomic mass is 19.1. The number of hydrogen-bond donors (Lipinski definition) is 2. The maximum absolute atomic E-state index is 13.3. The largest absolute Gasteiger partial charge is 0.381 e. The van der Waals surface area contributed by atoms with Crippen LogP contribution in [0.3, 0.4) is 0 Å². The van der Waals surface area contributed by atoms with Crippen LogP contribution in [0, 0.1) is 17.5 Å². The zero-order chi connectivity index (χ0) is 12.4. The van der Waals surface area contributed by atoms with Gasteiger partial charge in [0.05, 0.1) is 0 Å². The Morgan fingerprint density at radius 3 is 2.29 bits per heavy atom. The number of anilines is 3. The monoisotopic (exact) mass is 239 g/mol. The van der Waals surface area contributed by atoms with Gasteiger partial charge in [0, 0.05) is 11.8 Å². The van der Waals surface area contributed by atoms with Crippen molar-refractivity contribution in [2.75, 3.05) is 11.1 Å². The number of halogens is 3. The lowest BCUT2D eigenvalue weighted by atomic mass is 10.3. The van der Waals surface area contributed by atoms with Crippen LogP contribution in [0.15, 0.2) is 30.3 Å². The molecular formula is C11H8F3N3. The van der Waals surface area contributed by atoms with Gasteiger partial charge in [-0.15, -0.1) is 0 Å². The van der Waals surface area contributed by atoms with Crippen LogP contribution in [0.25, 0.3) is 0 Å². The number of nitrogens with one attached hydrogen (secondary N) is 1. The number of aromatic nitrogens is 1. The van der Waals surface area contributed by atoms with Gasteiger partial charge in [0.2, 0.25) is 0 Å². The Hall–Kier alpha value is -2.24. The number of nitrogens with zero attached hydrogens (tertiary/aromatic N) is 1. The highest BCUT2D eigenvalue weighted by Gasteiger charge is 2.09. The molecule has 0 radical (unpaired) electrons. The van der Waals surface area contributed by atoms with Crippen LogP contribution in [-0.4, -0.2) is 4.98 Å². The third kappa shape index (κ3) is 2.47. The third-order valence-electron chi connectivity index (χ3n) is 2.06. The number of pyridine rings is 1. The molecule has 0 bridgehead atoms. The normalized spacial score (nSPS) is 10.3. The molecule has 6 heteroatoms. The van der Waals surface area contributed by atoms with Crippen LogP contribution >= 0.6 is 0 Å². The highest BCUT2D eigenvalue weighted by Crippen LogP contribution is 2.21. The maximum Gasteiger partial charge on any atom is 0.169 e. The van der Waals surface area contributed by atoms with Crippen molar-refractivity contribution >= 4 is 17.3 Å². The molecule has 2 rings (SSSR count). The van der Waals surface area contributed by atoms with Crippen LogP contribution < -0.4 is 11.1 Å². The summed E-state index contributed by atoms with van der Waals surface area (Å²) in [5.41, 5.74) is 5.63. The molecule has 0 amide bonds. The number of benzene rings is 1. The minimum absolute atomic E-state index is 0.212. The Kier molecular flexibility index (Phi) is 2.86. The topological polar surface area (TPSA) is 50.9 Å². The van der Waals surface area contributed by atoms with Crippen LogP contribution in [0.5, 0.6) is 0 Å². The average molecular weight is 239 g/mol. The molecule has 1 aromatic carbocycles. The van der Waals surface area contributed by atoms with Gasteiger partial charge in [-0.3, -0.25) is 0 Å². The van der Waals surface area contributed by atoms with E-state index >= 15 is 0 Å². The second-order valence-corrected chi connectivity index (χ2v) is 3.32. The highest BCUT2D eigenvalue weighted by molar-refractivity contribution is 5.58. The number of nitrogens with two attached hydrogens (primary N) is 1. The Labute approximate surface area is 95.1 Å². The lowest BCUT2D eigenvalue weighted by molar-refractivity contribution is 0.581. The quantitative estimate of drug-likeness (QED) is 0.847. The van der Waals surface area contributed by atoms with Crippen molar-refractivity contribution in [2.45, 2.75) is 0 Å². The predicted molar refractivity (Wildman–Crippen MR) is 58.2 cm³/mol. The zero-order valence-electron chi connectivity index (χ0n) is 8.55. The Morgan fingerprint density at radius 1 is 1.00 bits per heavy atom. The first-order chi connectivity index (χ1) is 8.06. The Bertz CT molecular complexity index is 540. The molecule has 0 spiro atoms. The summed E-state index contributed by atoms with van der Waals surface area (Å²) in [5, 5.41) is 2.57. The first kappa shape index (κ1) is 11.3. The molecule has 0 unspecified atom stereocenters. The maximum atomic E-state index is 13.3. The van der Waals surface area contributed by atoms with Gasteiger partial charge >= 0.3 is 0 Å². The number of nitrogen functional groups attached to an aromatic ring is 1. The summed E-state index contributed by atoms with van der Waals surface area (Å²) >= 11 is 0. The van der Waals surface area contributed by atoms with Crippen LogP contribution in [0.2, 0.25) is 0 Å². The average Bonchev–Trinajstić information content (AvgIpc) is 2.29. The van der Waals surface area contributed by atoms with Crippen LogP contribution in [0.4, 0.5) is 30.5 Å². The number of rotatable bonds is 2. The smallest absolute Gasteiger partial charge is 0.169 e. The van der Waals surface area contributed by atoms with Crippen LogP contribution in [-0.2, 0) is 0 Å². The van der Waals surface area contributed by atoms with E-state index < -0.39 is 23.3 Å². The molecule has 1 heterocycles. The summed E-state index contributed by atoms with van der Waals surface area (Å²) in [7, 11) is 0. The van der Waals surface area contributed by atoms with Gasteiger partial charge in [-0.25, -0.2) is 18.2 Å². The summed E-state index contributed by atoms with van der Waals surface area (Å²) in [6.45, 7) is 0. The standard InChI is InChI=1S/C11H8F3N3/c12-6-1-3-7(4-2-6)16-11-9(14)5-8(13)10(15)17-11/h1-5H,(H3,15,16,17). The van der Waals surface area contributed by atoms with E-state index in [1.165, 1.54) is 24.3 Å². The fourth-order valence-electron chi connectivity index (χ4n) is 1.24. The van der Waals surface area contributed by atoms with E-state index in [-0.39, 0.29) is 5.82 Å². The molecular weight excluding hydrogens is 231 g/mol. The first-order valence-electron chi connectivity index (χ1n) is 4.70. The molecule has 1 aromatic heterocycles. The van der Waals surface area contributed by atoms with Gasteiger partial charge in [0.1, 0.15) is 5.82 Å². The fraction of sp³-hybridized carbons (Fsp3) is 0. The minimum Gasteiger partial charge on any atom is -0.381 e. The lowest BCUT2D eigenvalue weighted by Gasteiger charge is -2.07. The van der Waals surface area contributed by atoms with Crippen molar-refractivity contribution in [3.8, 4) is 0 Å². The van der Waals surface area contributed by atoms with E-state index in [1.807, 2.05) is 0 Å². The molecule has 3 N–H and O–H groups in total. The van der Waals surface area contributed by atoms with Crippen molar-refractivity contribution in [3.63, 3.8) is 0 Å².